The molecule has 212 valence electrons. The molecule has 0 fully saturated rings. The van der Waals surface area contributed by atoms with E-state index < -0.39 is 5.91 Å². The summed E-state index contributed by atoms with van der Waals surface area (Å²) in [5.74, 6) is -0.658. The highest BCUT2D eigenvalue weighted by molar-refractivity contribution is 7.16. The first-order valence-corrected chi connectivity index (χ1v) is 13.6. The van der Waals surface area contributed by atoms with E-state index in [1.807, 2.05) is 56.9 Å². The van der Waals surface area contributed by atoms with Crippen LogP contribution in [0.2, 0.25) is 0 Å². The molecule has 0 saturated carbocycles. The summed E-state index contributed by atoms with van der Waals surface area (Å²) in [4.78, 5) is 34.0. The van der Waals surface area contributed by atoms with Gasteiger partial charge in [0.2, 0.25) is 0 Å². The van der Waals surface area contributed by atoms with Crippen molar-refractivity contribution in [2.75, 3.05) is 39.2 Å². The third-order valence-electron chi connectivity index (χ3n) is 4.51. The van der Waals surface area contributed by atoms with Crippen LogP contribution in [0.25, 0.3) is 0 Å². The molecule has 38 heavy (non-hydrogen) atoms. The van der Waals surface area contributed by atoms with E-state index in [0.29, 0.717) is 44.7 Å². The number of esters is 1. The molecule has 0 aliphatic rings. The number of rotatable bonds is 18. The second-order valence-corrected chi connectivity index (χ2v) is 7.61. The highest BCUT2D eigenvalue weighted by Crippen LogP contribution is 2.14. The van der Waals surface area contributed by atoms with E-state index in [1.54, 1.807) is 25.4 Å². The largest absolute Gasteiger partial charge is 0.466 e. The minimum Gasteiger partial charge on any atom is -0.466 e. The van der Waals surface area contributed by atoms with Crippen molar-refractivity contribution in [3.05, 3.63) is 59.9 Å². The van der Waals surface area contributed by atoms with Gasteiger partial charge in [-0.2, -0.15) is 0 Å². The Labute approximate surface area is 233 Å². The zero-order valence-corrected chi connectivity index (χ0v) is 25.2. The van der Waals surface area contributed by atoms with Crippen LogP contribution in [0.1, 0.15) is 53.9 Å². The Morgan fingerprint density at radius 3 is 2.32 bits per heavy atom. The number of nitrogens with zero attached hydrogens (tertiary/aromatic N) is 3. The van der Waals surface area contributed by atoms with Gasteiger partial charge >= 0.3 is 5.97 Å². The van der Waals surface area contributed by atoms with E-state index >= 15 is 0 Å². The van der Waals surface area contributed by atoms with Crippen LogP contribution in [-0.2, 0) is 19.1 Å². The van der Waals surface area contributed by atoms with Crippen LogP contribution < -0.4 is 0 Å². The Bertz CT molecular complexity index is 840. The number of hydrogen-bond donors (Lipinski definition) is 0. The first-order valence-electron chi connectivity index (χ1n) is 12.8. The van der Waals surface area contributed by atoms with E-state index in [1.165, 1.54) is 0 Å². The summed E-state index contributed by atoms with van der Waals surface area (Å²) >= 11 is 0. The Kier molecular flexibility index (Phi) is 31.3. The van der Waals surface area contributed by atoms with Gasteiger partial charge < -0.3 is 14.4 Å². The van der Waals surface area contributed by atoms with E-state index in [0.717, 1.165) is 17.3 Å². The van der Waals surface area contributed by atoms with Crippen LogP contribution in [0.15, 0.2) is 69.9 Å². The zero-order valence-electron chi connectivity index (χ0n) is 24.0. The average Bonchev–Trinajstić information content (AvgIpc) is 2.95. The Morgan fingerprint density at radius 2 is 1.79 bits per heavy atom. The molecular formula is C30H48N3O4P. The molecule has 0 aliphatic heterocycles. The van der Waals surface area contributed by atoms with Crippen molar-refractivity contribution < 1.29 is 19.1 Å². The molecule has 0 aromatic carbocycles. The maximum atomic E-state index is 12.5. The van der Waals surface area contributed by atoms with Crippen LogP contribution in [0, 0.1) is 12.8 Å². The van der Waals surface area contributed by atoms with Crippen LogP contribution in [0.4, 0.5) is 0 Å². The molecule has 7 nitrogen and oxygen atoms in total. The van der Waals surface area contributed by atoms with E-state index in [2.05, 4.69) is 45.4 Å². The average molecular weight is 546 g/mol. The van der Waals surface area contributed by atoms with Crippen LogP contribution in [-0.4, -0.2) is 68.9 Å². The van der Waals surface area contributed by atoms with Crippen molar-refractivity contribution in [2.45, 2.75) is 53.9 Å². The Morgan fingerprint density at radius 1 is 1.13 bits per heavy atom. The lowest BCUT2D eigenvalue weighted by Crippen LogP contribution is -2.25. The summed E-state index contributed by atoms with van der Waals surface area (Å²) in [6, 6.07) is 0. The highest BCUT2D eigenvalue weighted by Gasteiger charge is 2.13. The molecule has 0 spiro atoms. The molecule has 1 amide bonds. The first kappa shape index (κ1) is 39.4. The summed E-state index contributed by atoms with van der Waals surface area (Å²) in [5, 5.41) is 0. The lowest BCUT2D eigenvalue weighted by molar-refractivity contribution is -0.143. The molecule has 0 rings (SSSR count). The normalized spacial score (nSPS) is 11.7. The number of terminal acetylenes is 1. The number of hydrogen-bond acceptors (Lipinski definition) is 6. The standard InChI is InChI=1S/C26H40N3O4P.C2H6.C2H2/c1-6-14-28-18-23(8-3)17-24(26(31)27-5)19-29(15-10-13-25(30)33-9-4)21-32-20-22(7-2)12-11-16-34;2*1-2/h6-8,11-12,18-19H,1,5,9-10,13-17,20-21,34H2,2-4H3;1-2H3;1-2H/b12-11-,22-7+,23-8-,24-19-,28-18?;;. The van der Waals surface area contributed by atoms with Gasteiger partial charge in [-0.05, 0) is 51.2 Å². The third kappa shape index (κ3) is 22.2. The van der Waals surface area contributed by atoms with Gasteiger partial charge in [0.15, 0.2) is 0 Å². The van der Waals surface area contributed by atoms with E-state index in [4.69, 9.17) is 9.47 Å². The smallest absolute Gasteiger partial charge is 0.305 e. The molecule has 0 bridgehead atoms. The molecule has 0 aliphatic carbocycles. The predicted molar refractivity (Wildman–Crippen MR) is 167 cm³/mol. The maximum Gasteiger partial charge on any atom is 0.305 e. The minimum absolute atomic E-state index is 0.246. The third-order valence-corrected chi connectivity index (χ3v) is 4.78. The molecule has 0 aromatic heterocycles. The number of amides is 1. The molecule has 8 heteroatoms. The number of carbonyl (C=O) groups excluding carboxylic acids is 2. The predicted octanol–water partition coefficient (Wildman–Crippen LogP) is 5.96. The van der Waals surface area contributed by atoms with Gasteiger partial charge in [0.1, 0.15) is 6.73 Å². The first-order chi connectivity index (χ1) is 18.4. The van der Waals surface area contributed by atoms with E-state index in [-0.39, 0.29) is 19.1 Å². The quantitative estimate of drug-likeness (QED) is 0.0310. The van der Waals surface area contributed by atoms with Crippen LogP contribution in [0.3, 0.4) is 0 Å². The van der Waals surface area contributed by atoms with Gasteiger partial charge in [0, 0.05) is 37.4 Å². The van der Waals surface area contributed by atoms with Gasteiger partial charge in [0.05, 0.1) is 19.8 Å². The van der Waals surface area contributed by atoms with E-state index in [9.17, 15) is 9.59 Å². The molecule has 0 heterocycles. The lowest BCUT2D eigenvalue weighted by atomic mass is 10.1. The second-order valence-electron chi connectivity index (χ2n) is 7.14. The fourth-order valence-corrected chi connectivity index (χ4v) is 2.87. The van der Waals surface area contributed by atoms with Crippen molar-refractivity contribution in [3.8, 4) is 12.8 Å². The van der Waals surface area contributed by atoms with Crippen LogP contribution >= 0.6 is 9.24 Å². The fourth-order valence-electron chi connectivity index (χ4n) is 2.74. The molecular weight excluding hydrogens is 497 g/mol. The number of carbonyl (C=O) groups is 2. The van der Waals surface area contributed by atoms with Gasteiger partial charge in [-0.25, -0.2) is 4.99 Å². The fraction of sp³-hybridized carbons (Fsp3) is 0.467. The number of allylic oxidation sites excluding steroid dienone is 4. The van der Waals surface area contributed by atoms with Crippen molar-refractivity contribution in [1.82, 2.24) is 4.90 Å². The maximum absolute atomic E-state index is 12.5. The van der Waals surface area contributed by atoms with Crippen LogP contribution in [0.5, 0.6) is 0 Å². The zero-order chi connectivity index (χ0) is 29.6. The monoisotopic (exact) mass is 545 g/mol. The molecule has 0 radical (unpaired) electrons. The SMILES string of the molecule is C#C.C=CCN=C/C(=C\C)C/C(=C/N(CCCC(=O)OCC)COCC(/C=C\CP)=C/C)C(=O)N=C.CC. The van der Waals surface area contributed by atoms with Gasteiger partial charge in [-0.3, -0.25) is 14.6 Å². The molecule has 1 atom stereocenters. The second kappa shape index (κ2) is 30.2. The molecule has 0 N–H and O–H groups in total. The summed E-state index contributed by atoms with van der Waals surface area (Å²) in [7, 11) is 2.65. The summed E-state index contributed by atoms with van der Waals surface area (Å²) < 4.78 is 10.9. The lowest BCUT2D eigenvalue weighted by Gasteiger charge is -2.22. The van der Waals surface area contributed by atoms with Crippen molar-refractivity contribution in [2.24, 2.45) is 9.98 Å². The van der Waals surface area contributed by atoms with Crippen molar-refractivity contribution in [1.29, 1.82) is 0 Å². The topological polar surface area (TPSA) is 80.6 Å². The summed E-state index contributed by atoms with van der Waals surface area (Å²) in [6.45, 7) is 18.7. The van der Waals surface area contributed by atoms with Crippen molar-refractivity contribution in [3.63, 3.8) is 0 Å². The Balaban J connectivity index is -0.00000291. The Hall–Kier alpha value is -3.07. The van der Waals surface area contributed by atoms with Gasteiger partial charge in [0.25, 0.3) is 5.91 Å². The summed E-state index contributed by atoms with van der Waals surface area (Å²) in [6.07, 6.45) is 23.2. The van der Waals surface area contributed by atoms with Gasteiger partial charge in [-0.15, -0.1) is 28.7 Å². The van der Waals surface area contributed by atoms with Gasteiger partial charge in [-0.1, -0.05) is 44.2 Å². The van der Waals surface area contributed by atoms with Crippen molar-refractivity contribution >= 4 is 34.0 Å². The summed E-state index contributed by atoms with van der Waals surface area (Å²) in [5.41, 5.74) is 2.38. The number of ether oxygens (including phenoxy) is 2. The molecule has 1 unspecified atom stereocenters. The highest BCUT2D eigenvalue weighted by atomic mass is 31.0. The minimum atomic E-state index is -0.413. The molecule has 0 aromatic rings. The molecule has 0 saturated heterocycles. The number of aliphatic imine (C=N–C) groups is 2.